The number of aromatic hydroxyl groups is 1. The fourth-order valence-corrected chi connectivity index (χ4v) is 2.36. The van der Waals surface area contributed by atoms with Gasteiger partial charge >= 0.3 is 5.97 Å². The number of piperidine rings is 1. The summed E-state index contributed by atoms with van der Waals surface area (Å²) >= 11 is 0. The van der Waals surface area contributed by atoms with Gasteiger partial charge in [0.25, 0.3) is 5.91 Å². The number of likely N-dealkylation sites (tertiary alicyclic amines) is 1. The highest BCUT2D eigenvalue weighted by molar-refractivity contribution is 5.92. The second kappa shape index (κ2) is 6.61. The predicted molar refractivity (Wildman–Crippen MR) is 78.0 cm³/mol. The van der Waals surface area contributed by atoms with Crippen molar-refractivity contribution in [3.63, 3.8) is 0 Å². The number of phenols is 1. The van der Waals surface area contributed by atoms with Crippen molar-refractivity contribution in [2.75, 3.05) is 13.1 Å². The molecule has 1 aliphatic heterocycles. The summed E-state index contributed by atoms with van der Waals surface area (Å²) in [4.78, 5) is 25.9. The molecule has 5 nitrogen and oxygen atoms in total. The van der Waals surface area contributed by atoms with Crippen molar-refractivity contribution in [1.29, 1.82) is 0 Å². The van der Waals surface area contributed by atoms with Crippen molar-refractivity contribution in [2.24, 2.45) is 5.92 Å². The molecule has 0 unspecified atom stereocenters. The molecule has 1 heterocycles. The van der Waals surface area contributed by atoms with Gasteiger partial charge in [-0.3, -0.25) is 4.79 Å². The molecule has 1 saturated heterocycles. The highest BCUT2D eigenvalue weighted by atomic mass is 16.5. The van der Waals surface area contributed by atoms with Gasteiger partial charge in [-0.25, -0.2) is 4.79 Å². The summed E-state index contributed by atoms with van der Waals surface area (Å²) in [5.74, 6) is 0.0252. The first-order valence-corrected chi connectivity index (χ1v) is 7.26. The lowest BCUT2D eigenvalue weighted by Crippen LogP contribution is -2.44. The number of esters is 1. The van der Waals surface area contributed by atoms with Crippen LogP contribution in [0.2, 0.25) is 0 Å². The summed E-state index contributed by atoms with van der Waals surface area (Å²) in [5, 5.41) is 9.19. The van der Waals surface area contributed by atoms with Crippen LogP contribution in [0.3, 0.4) is 0 Å². The average molecular weight is 291 g/mol. The Morgan fingerprint density at radius 3 is 2.38 bits per heavy atom. The largest absolute Gasteiger partial charge is 0.508 e. The number of rotatable bonds is 3. The third-order valence-electron chi connectivity index (χ3n) is 3.83. The minimum atomic E-state index is -0.792. The summed E-state index contributed by atoms with van der Waals surface area (Å²) in [6, 6.07) is 5.76. The van der Waals surface area contributed by atoms with Gasteiger partial charge in [-0.15, -0.1) is 0 Å². The topological polar surface area (TPSA) is 66.8 Å². The van der Waals surface area contributed by atoms with Crippen LogP contribution in [0.25, 0.3) is 0 Å². The maximum atomic E-state index is 12.2. The molecular weight excluding hydrogens is 270 g/mol. The molecule has 1 N–H and O–H groups in total. The van der Waals surface area contributed by atoms with E-state index in [4.69, 9.17) is 4.74 Å². The van der Waals surface area contributed by atoms with Gasteiger partial charge in [0.05, 0.1) is 5.56 Å². The van der Waals surface area contributed by atoms with Gasteiger partial charge in [0.2, 0.25) is 0 Å². The molecule has 0 spiro atoms. The molecule has 0 aromatic heterocycles. The number of carbonyl (C=O) groups is 2. The number of nitrogens with zero attached hydrogens (tertiary/aromatic N) is 1. The Morgan fingerprint density at radius 2 is 1.81 bits per heavy atom. The van der Waals surface area contributed by atoms with E-state index < -0.39 is 12.1 Å². The predicted octanol–water partition coefficient (Wildman–Crippen LogP) is 2.20. The van der Waals surface area contributed by atoms with Crippen LogP contribution in [0.4, 0.5) is 0 Å². The fraction of sp³-hybridized carbons (Fsp3) is 0.500. The zero-order valence-corrected chi connectivity index (χ0v) is 12.4. The van der Waals surface area contributed by atoms with Crippen LogP contribution in [0, 0.1) is 5.92 Å². The summed E-state index contributed by atoms with van der Waals surface area (Å²) in [7, 11) is 0. The van der Waals surface area contributed by atoms with Crippen LogP contribution < -0.4 is 0 Å². The molecule has 1 aliphatic rings. The van der Waals surface area contributed by atoms with E-state index in [9.17, 15) is 14.7 Å². The van der Waals surface area contributed by atoms with Gasteiger partial charge < -0.3 is 14.7 Å². The second-order valence-electron chi connectivity index (χ2n) is 5.60. The molecule has 21 heavy (non-hydrogen) atoms. The van der Waals surface area contributed by atoms with E-state index in [1.54, 1.807) is 11.8 Å². The lowest BCUT2D eigenvalue weighted by Gasteiger charge is -2.31. The van der Waals surface area contributed by atoms with E-state index in [-0.39, 0.29) is 11.7 Å². The summed E-state index contributed by atoms with van der Waals surface area (Å²) in [6.07, 6.45) is 1.19. The molecule has 2 rings (SSSR count). The van der Waals surface area contributed by atoms with E-state index in [0.717, 1.165) is 25.9 Å². The Hall–Kier alpha value is -2.04. The quantitative estimate of drug-likeness (QED) is 0.867. The van der Waals surface area contributed by atoms with Gasteiger partial charge in [-0.1, -0.05) is 6.92 Å². The van der Waals surface area contributed by atoms with Crippen molar-refractivity contribution in [2.45, 2.75) is 32.8 Å². The summed E-state index contributed by atoms with van der Waals surface area (Å²) in [6.45, 7) is 5.22. The molecule has 1 amide bonds. The van der Waals surface area contributed by atoms with E-state index in [0.29, 0.717) is 11.5 Å². The highest BCUT2D eigenvalue weighted by Crippen LogP contribution is 2.18. The molecule has 0 aliphatic carbocycles. The van der Waals surface area contributed by atoms with Crippen LogP contribution in [0.15, 0.2) is 24.3 Å². The second-order valence-corrected chi connectivity index (χ2v) is 5.60. The van der Waals surface area contributed by atoms with Gasteiger partial charge in [-0.05, 0) is 49.9 Å². The van der Waals surface area contributed by atoms with Crippen LogP contribution in [-0.4, -0.2) is 41.1 Å². The van der Waals surface area contributed by atoms with Crippen molar-refractivity contribution >= 4 is 11.9 Å². The number of carbonyl (C=O) groups excluding carboxylic acids is 2. The van der Waals surface area contributed by atoms with E-state index in [1.807, 2.05) is 0 Å². The van der Waals surface area contributed by atoms with Crippen LogP contribution in [-0.2, 0) is 9.53 Å². The van der Waals surface area contributed by atoms with Gasteiger partial charge in [0, 0.05) is 13.1 Å². The smallest absolute Gasteiger partial charge is 0.338 e. The summed E-state index contributed by atoms with van der Waals surface area (Å²) < 4.78 is 5.21. The third-order valence-corrected chi connectivity index (χ3v) is 3.83. The molecule has 0 bridgehead atoms. The molecular formula is C16H21NO4. The fourth-order valence-electron chi connectivity index (χ4n) is 2.36. The Kier molecular flexibility index (Phi) is 4.83. The van der Waals surface area contributed by atoms with Gasteiger partial charge in [0.15, 0.2) is 6.10 Å². The third kappa shape index (κ3) is 3.97. The molecule has 1 fully saturated rings. The van der Waals surface area contributed by atoms with Crippen molar-refractivity contribution in [1.82, 2.24) is 4.90 Å². The minimum Gasteiger partial charge on any atom is -0.508 e. The van der Waals surface area contributed by atoms with Gasteiger partial charge in [0.1, 0.15) is 5.75 Å². The Balaban J connectivity index is 1.91. The first-order chi connectivity index (χ1) is 9.97. The number of amides is 1. The normalized spacial score (nSPS) is 17.3. The molecule has 5 heteroatoms. The lowest BCUT2D eigenvalue weighted by atomic mass is 9.99. The van der Waals surface area contributed by atoms with E-state index >= 15 is 0 Å². The molecule has 1 aromatic rings. The zero-order chi connectivity index (χ0) is 15.4. The number of hydrogen-bond donors (Lipinski definition) is 1. The first-order valence-electron chi connectivity index (χ1n) is 7.26. The molecule has 1 aromatic carbocycles. The average Bonchev–Trinajstić information content (AvgIpc) is 2.47. The Morgan fingerprint density at radius 1 is 1.24 bits per heavy atom. The molecule has 114 valence electrons. The number of ether oxygens (including phenoxy) is 1. The van der Waals surface area contributed by atoms with Crippen molar-refractivity contribution in [3.8, 4) is 5.75 Å². The maximum absolute atomic E-state index is 12.2. The van der Waals surface area contributed by atoms with Gasteiger partial charge in [-0.2, -0.15) is 0 Å². The number of hydrogen-bond acceptors (Lipinski definition) is 4. The number of benzene rings is 1. The van der Waals surface area contributed by atoms with Crippen molar-refractivity contribution < 1.29 is 19.4 Å². The molecule has 0 saturated carbocycles. The minimum absolute atomic E-state index is 0.0816. The lowest BCUT2D eigenvalue weighted by molar-refractivity contribution is -0.141. The molecule has 0 radical (unpaired) electrons. The standard InChI is InChI=1S/C16H21NO4/c1-11-7-9-17(10-8-11)15(19)12(2)21-16(20)13-3-5-14(18)6-4-13/h3-6,11-12,18H,7-10H2,1-2H3/t12-/m1/s1. The van der Waals surface area contributed by atoms with Crippen LogP contribution in [0.1, 0.15) is 37.0 Å². The Labute approximate surface area is 124 Å². The highest BCUT2D eigenvalue weighted by Gasteiger charge is 2.27. The monoisotopic (exact) mass is 291 g/mol. The zero-order valence-electron chi connectivity index (χ0n) is 12.4. The van der Waals surface area contributed by atoms with Crippen LogP contribution in [0.5, 0.6) is 5.75 Å². The Bertz CT molecular complexity index is 504. The van der Waals surface area contributed by atoms with Crippen LogP contribution >= 0.6 is 0 Å². The maximum Gasteiger partial charge on any atom is 0.338 e. The number of phenolic OH excluding ortho intramolecular Hbond substituents is 1. The SMILES string of the molecule is CC1CCN(C(=O)[C@@H](C)OC(=O)c2ccc(O)cc2)CC1. The summed E-state index contributed by atoms with van der Waals surface area (Å²) in [5.41, 5.74) is 0.319. The van der Waals surface area contributed by atoms with Crippen molar-refractivity contribution in [3.05, 3.63) is 29.8 Å². The molecule has 1 atom stereocenters. The van der Waals surface area contributed by atoms with E-state index in [2.05, 4.69) is 6.92 Å². The van der Waals surface area contributed by atoms with E-state index in [1.165, 1.54) is 24.3 Å². The first kappa shape index (κ1) is 15.4.